The largest absolute Gasteiger partial charge is 0.264 e. The third kappa shape index (κ3) is 2.15. The first-order chi connectivity index (χ1) is 7.59. The van der Waals surface area contributed by atoms with E-state index in [0.29, 0.717) is 6.54 Å². The molecule has 1 aromatic heterocycles. The molecule has 0 aliphatic rings. The van der Waals surface area contributed by atoms with Crippen LogP contribution in [0.3, 0.4) is 0 Å². The number of aromatic nitrogens is 2. The van der Waals surface area contributed by atoms with Crippen molar-refractivity contribution in [2.75, 3.05) is 0 Å². The highest BCUT2D eigenvalue weighted by Crippen LogP contribution is 2.22. The van der Waals surface area contributed by atoms with Gasteiger partial charge in [-0.15, -0.1) is 0 Å². The lowest BCUT2D eigenvalue weighted by atomic mass is 10.2. The second-order valence-corrected chi connectivity index (χ2v) is 4.93. The van der Waals surface area contributed by atoms with E-state index in [4.69, 9.17) is 11.6 Å². The van der Waals surface area contributed by atoms with Crippen molar-refractivity contribution in [1.82, 2.24) is 9.78 Å². The van der Waals surface area contributed by atoms with Gasteiger partial charge in [0.25, 0.3) is 0 Å². The molecule has 16 heavy (non-hydrogen) atoms. The monoisotopic (exact) mass is 298 g/mol. The van der Waals surface area contributed by atoms with Crippen LogP contribution in [0.15, 0.2) is 28.7 Å². The minimum atomic E-state index is 0.706. The van der Waals surface area contributed by atoms with Crippen molar-refractivity contribution in [3.05, 3.63) is 50.7 Å². The first-order valence-corrected chi connectivity index (χ1v) is 6.19. The molecule has 0 saturated carbocycles. The van der Waals surface area contributed by atoms with Gasteiger partial charge in [0.15, 0.2) is 0 Å². The van der Waals surface area contributed by atoms with Gasteiger partial charge in [-0.1, -0.05) is 29.8 Å². The van der Waals surface area contributed by atoms with Crippen LogP contribution in [-0.2, 0) is 6.54 Å². The lowest BCUT2D eigenvalue weighted by Gasteiger charge is -2.06. The maximum Gasteiger partial charge on any atom is 0.0738 e. The van der Waals surface area contributed by atoms with Gasteiger partial charge in [0, 0.05) is 5.02 Å². The Morgan fingerprint density at radius 2 is 2.00 bits per heavy atom. The van der Waals surface area contributed by atoms with Crippen LogP contribution in [0.5, 0.6) is 0 Å². The lowest BCUT2D eigenvalue weighted by molar-refractivity contribution is 0.659. The molecule has 0 bridgehead atoms. The fourth-order valence-corrected chi connectivity index (χ4v) is 2.10. The topological polar surface area (TPSA) is 17.8 Å². The summed E-state index contributed by atoms with van der Waals surface area (Å²) in [5, 5.41) is 5.24. The number of nitrogens with zero attached hydrogens (tertiary/aromatic N) is 2. The van der Waals surface area contributed by atoms with Gasteiger partial charge < -0.3 is 0 Å². The second kappa shape index (κ2) is 4.60. The summed E-state index contributed by atoms with van der Waals surface area (Å²) in [6, 6.07) is 7.84. The van der Waals surface area contributed by atoms with Crippen molar-refractivity contribution in [2.45, 2.75) is 20.4 Å². The smallest absolute Gasteiger partial charge is 0.0738 e. The number of halogens is 2. The maximum atomic E-state index is 6.12. The third-order valence-electron chi connectivity index (χ3n) is 2.57. The minimum absolute atomic E-state index is 0.706. The SMILES string of the molecule is Cc1nn(Cc2ccccc2Cl)c(C)c1Br. The fourth-order valence-electron chi connectivity index (χ4n) is 1.62. The molecule has 4 heteroatoms. The van der Waals surface area contributed by atoms with Gasteiger partial charge >= 0.3 is 0 Å². The fraction of sp³-hybridized carbons (Fsp3) is 0.250. The summed E-state index contributed by atoms with van der Waals surface area (Å²) in [7, 11) is 0. The molecule has 84 valence electrons. The van der Waals surface area contributed by atoms with Crippen molar-refractivity contribution >= 4 is 27.5 Å². The molecular formula is C12H12BrClN2. The van der Waals surface area contributed by atoms with Gasteiger partial charge in [0.05, 0.1) is 22.4 Å². The Balaban J connectivity index is 2.34. The molecule has 1 heterocycles. The Morgan fingerprint density at radius 1 is 1.31 bits per heavy atom. The first-order valence-electron chi connectivity index (χ1n) is 5.02. The average molecular weight is 300 g/mol. The van der Waals surface area contributed by atoms with E-state index in [1.807, 2.05) is 42.8 Å². The zero-order chi connectivity index (χ0) is 11.7. The molecule has 0 spiro atoms. The zero-order valence-electron chi connectivity index (χ0n) is 9.17. The number of rotatable bonds is 2. The molecule has 0 saturated heterocycles. The second-order valence-electron chi connectivity index (χ2n) is 3.73. The molecule has 2 aromatic rings. The van der Waals surface area contributed by atoms with E-state index in [-0.39, 0.29) is 0 Å². The number of benzene rings is 1. The van der Waals surface area contributed by atoms with Gasteiger partial charge in [-0.05, 0) is 41.4 Å². The van der Waals surface area contributed by atoms with E-state index in [0.717, 1.165) is 26.4 Å². The normalized spacial score (nSPS) is 10.8. The van der Waals surface area contributed by atoms with E-state index in [9.17, 15) is 0 Å². The van der Waals surface area contributed by atoms with E-state index >= 15 is 0 Å². The van der Waals surface area contributed by atoms with Gasteiger partial charge in [-0.2, -0.15) is 5.10 Å². The van der Waals surface area contributed by atoms with Crippen LogP contribution in [-0.4, -0.2) is 9.78 Å². The summed E-state index contributed by atoms with van der Waals surface area (Å²) in [6.07, 6.45) is 0. The predicted octanol–water partition coefficient (Wildman–Crippen LogP) is 3.96. The van der Waals surface area contributed by atoms with Crippen LogP contribution in [0.1, 0.15) is 17.0 Å². The zero-order valence-corrected chi connectivity index (χ0v) is 11.5. The number of hydrogen-bond donors (Lipinski definition) is 0. The van der Waals surface area contributed by atoms with E-state index in [1.54, 1.807) is 0 Å². The molecule has 1 aromatic carbocycles. The summed E-state index contributed by atoms with van der Waals surface area (Å²) in [6.45, 7) is 4.74. The lowest BCUT2D eigenvalue weighted by Crippen LogP contribution is -2.04. The highest BCUT2D eigenvalue weighted by Gasteiger charge is 2.09. The van der Waals surface area contributed by atoms with E-state index in [1.165, 1.54) is 0 Å². The molecule has 0 amide bonds. The average Bonchev–Trinajstić information content (AvgIpc) is 2.50. The predicted molar refractivity (Wildman–Crippen MR) is 70.0 cm³/mol. The van der Waals surface area contributed by atoms with Crippen LogP contribution in [0.2, 0.25) is 5.02 Å². The Hall–Kier alpha value is -0.800. The molecule has 0 aliphatic carbocycles. The molecule has 0 aliphatic heterocycles. The number of hydrogen-bond acceptors (Lipinski definition) is 1. The van der Waals surface area contributed by atoms with Crippen LogP contribution in [0.25, 0.3) is 0 Å². The molecule has 0 unspecified atom stereocenters. The van der Waals surface area contributed by atoms with E-state index in [2.05, 4.69) is 21.0 Å². The maximum absolute atomic E-state index is 6.12. The Labute approximate surface area is 108 Å². The van der Waals surface area contributed by atoms with Gasteiger partial charge in [0.1, 0.15) is 0 Å². The quantitative estimate of drug-likeness (QED) is 0.820. The standard InChI is InChI=1S/C12H12BrClN2/c1-8-12(13)9(2)16(15-8)7-10-5-3-4-6-11(10)14/h3-6H,7H2,1-2H3. The highest BCUT2D eigenvalue weighted by molar-refractivity contribution is 9.10. The summed E-state index contributed by atoms with van der Waals surface area (Å²) < 4.78 is 3.03. The molecule has 2 rings (SSSR count). The first kappa shape index (κ1) is 11.7. The van der Waals surface area contributed by atoms with Gasteiger partial charge in [-0.25, -0.2) is 0 Å². The van der Waals surface area contributed by atoms with Crippen LogP contribution in [0.4, 0.5) is 0 Å². The third-order valence-corrected chi connectivity index (χ3v) is 4.09. The Kier molecular flexibility index (Phi) is 3.36. The summed E-state index contributed by atoms with van der Waals surface area (Å²) in [4.78, 5) is 0. The van der Waals surface area contributed by atoms with Crippen molar-refractivity contribution < 1.29 is 0 Å². The molecular weight excluding hydrogens is 288 g/mol. The summed E-state index contributed by atoms with van der Waals surface area (Å²) >= 11 is 9.64. The minimum Gasteiger partial charge on any atom is -0.264 e. The molecule has 0 fully saturated rings. The van der Waals surface area contributed by atoms with Crippen molar-refractivity contribution in [2.24, 2.45) is 0 Å². The van der Waals surface area contributed by atoms with Crippen LogP contribution < -0.4 is 0 Å². The summed E-state index contributed by atoms with van der Waals surface area (Å²) in [5.41, 5.74) is 3.21. The van der Waals surface area contributed by atoms with Crippen LogP contribution in [0, 0.1) is 13.8 Å². The van der Waals surface area contributed by atoms with Gasteiger partial charge in [0.2, 0.25) is 0 Å². The van der Waals surface area contributed by atoms with E-state index < -0.39 is 0 Å². The van der Waals surface area contributed by atoms with Gasteiger partial charge in [-0.3, -0.25) is 4.68 Å². The Morgan fingerprint density at radius 3 is 2.56 bits per heavy atom. The molecule has 0 N–H and O–H groups in total. The molecule has 0 radical (unpaired) electrons. The summed E-state index contributed by atoms with van der Waals surface area (Å²) in [5.74, 6) is 0. The van der Waals surface area contributed by atoms with Crippen molar-refractivity contribution in [3.8, 4) is 0 Å². The van der Waals surface area contributed by atoms with Crippen LogP contribution >= 0.6 is 27.5 Å². The molecule has 0 atom stereocenters. The highest BCUT2D eigenvalue weighted by atomic mass is 79.9. The number of aryl methyl sites for hydroxylation is 1. The van der Waals surface area contributed by atoms with Crippen molar-refractivity contribution in [1.29, 1.82) is 0 Å². The molecule has 2 nitrogen and oxygen atoms in total. The Bertz CT molecular complexity index is 520. The van der Waals surface area contributed by atoms with Crippen molar-refractivity contribution in [3.63, 3.8) is 0 Å².